The zero-order chi connectivity index (χ0) is 12.0. The fraction of sp³-hybridized carbons (Fsp3) is 0.923. The van der Waals surface area contributed by atoms with Gasteiger partial charge in [-0.1, -0.05) is 6.42 Å². The predicted molar refractivity (Wildman–Crippen MR) is 64.8 cm³/mol. The normalized spacial score (nSPS) is 26.4. The molecular formula is C13H24N2O. The summed E-state index contributed by atoms with van der Waals surface area (Å²) in [6.45, 7) is 5.82. The van der Waals surface area contributed by atoms with Crippen molar-refractivity contribution in [2.24, 2.45) is 11.3 Å². The largest absolute Gasteiger partial charge is 0.393 e. The summed E-state index contributed by atoms with van der Waals surface area (Å²) >= 11 is 0. The monoisotopic (exact) mass is 224 g/mol. The highest BCUT2D eigenvalue weighted by atomic mass is 16.3. The molecule has 0 saturated heterocycles. The van der Waals surface area contributed by atoms with Gasteiger partial charge >= 0.3 is 0 Å². The van der Waals surface area contributed by atoms with Crippen LogP contribution in [0, 0.1) is 22.7 Å². The van der Waals surface area contributed by atoms with Crippen molar-refractivity contribution in [2.45, 2.75) is 52.1 Å². The van der Waals surface area contributed by atoms with Gasteiger partial charge in [0, 0.05) is 0 Å². The molecule has 2 N–H and O–H groups in total. The molecule has 0 bridgehead atoms. The Morgan fingerprint density at radius 2 is 2.19 bits per heavy atom. The molecule has 2 atom stereocenters. The summed E-state index contributed by atoms with van der Waals surface area (Å²) in [4.78, 5) is 0. The topological polar surface area (TPSA) is 56.0 Å². The van der Waals surface area contributed by atoms with Crippen LogP contribution in [-0.2, 0) is 0 Å². The van der Waals surface area contributed by atoms with Crippen molar-refractivity contribution in [3.8, 4) is 6.07 Å². The highest BCUT2D eigenvalue weighted by Gasteiger charge is 2.20. The summed E-state index contributed by atoms with van der Waals surface area (Å²) < 4.78 is 0. The number of hydrogen-bond donors (Lipinski definition) is 2. The lowest BCUT2D eigenvalue weighted by Crippen LogP contribution is -2.31. The summed E-state index contributed by atoms with van der Waals surface area (Å²) in [5.41, 5.74) is -0.223. The van der Waals surface area contributed by atoms with E-state index in [0.717, 1.165) is 38.8 Å². The van der Waals surface area contributed by atoms with Crippen molar-refractivity contribution in [3.05, 3.63) is 0 Å². The molecule has 1 aliphatic carbocycles. The molecule has 3 heteroatoms. The molecule has 0 aromatic carbocycles. The zero-order valence-corrected chi connectivity index (χ0v) is 10.5. The van der Waals surface area contributed by atoms with Gasteiger partial charge in [0.2, 0.25) is 0 Å². The van der Waals surface area contributed by atoms with Crippen LogP contribution < -0.4 is 5.32 Å². The lowest BCUT2D eigenvalue weighted by atomic mass is 9.87. The van der Waals surface area contributed by atoms with Crippen LogP contribution in [-0.4, -0.2) is 24.3 Å². The third kappa shape index (κ3) is 4.96. The summed E-state index contributed by atoms with van der Waals surface area (Å²) in [6.07, 6.45) is 5.09. The molecule has 1 aliphatic rings. The van der Waals surface area contributed by atoms with Crippen LogP contribution in [0.3, 0.4) is 0 Å². The first-order chi connectivity index (χ1) is 7.53. The average molecular weight is 224 g/mol. The highest BCUT2D eigenvalue weighted by Crippen LogP contribution is 2.23. The first-order valence-corrected chi connectivity index (χ1v) is 6.33. The van der Waals surface area contributed by atoms with Crippen LogP contribution in [0.15, 0.2) is 0 Å². The van der Waals surface area contributed by atoms with E-state index >= 15 is 0 Å². The van der Waals surface area contributed by atoms with Crippen LogP contribution >= 0.6 is 0 Å². The van der Waals surface area contributed by atoms with Gasteiger partial charge in [0.1, 0.15) is 0 Å². The van der Waals surface area contributed by atoms with E-state index in [9.17, 15) is 5.11 Å². The minimum atomic E-state index is -0.223. The van der Waals surface area contributed by atoms with E-state index < -0.39 is 0 Å². The Hall–Kier alpha value is -0.590. The van der Waals surface area contributed by atoms with Crippen molar-refractivity contribution in [2.75, 3.05) is 13.1 Å². The first-order valence-electron chi connectivity index (χ1n) is 6.33. The zero-order valence-electron chi connectivity index (χ0n) is 10.5. The Bertz CT molecular complexity index is 245. The van der Waals surface area contributed by atoms with E-state index in [2.05, 4.69) is 11.4 Å². The van der Waals surface area contributed by atoms with Crippen LogP contribution in [0.25, 0.3) is 0 Å². The fourth-order valence-corrected chi connectivity index (χ4v) is 2.21. The second-order valence-electron chi connectivity index (χ2n) is 5.64. The smallest absolute Gasteiger partial charge is 0.0684 e. The van der Waals surface area contributed by atoms with E-state index in [-0.39, 0.29) is 11.5 Å². The third-order valence-corrected chi connectivity index (χ3v) is 3.42. The van der Waals surface area contributed by atoms with Gasteiger partial charge in [0.25, 0.3) is 0 Å². The van der Waals surface area contributed by atoms with E-state index in [4.69, 9.17) is 5.26 Å². The number of nitrogens with one attached hydrogen (secondary N) is 1. The van der Waals surface area contributed by atoms with E-state index in [0.29, 0.717) is 5.92 Å². The number of aliphatic hydroxyl groups is 1. The standard InChI is InChI=1S/C13H24N2O/c1-13(2,10-14)6-7-15-9-11-4-3-5-12(16)8-11/h11-12,15-16H,3-9H2,1-2H3. The molecule has 1 rings (SSSR count). The molecule has 0 spiro atoms. The average Bonchev–Trinajstić information content (AvgIpc) is 2.25. The van der Waals surface area contributed by atoms with Gasteiger partial charge in [-0.25, -0.2) is 0 Å². The maximum absolute atomic E-state index is 9.53. The van der Waals surface area contributed by atoms with Crippen molar-refractivity contribution in [1.82, 2.24) is 5.32 Å². The van der Waals surface area contributed by atoms with Crippen molar-refractivity contribution < 1.29 is 5.11 Å². The number of nitriles is 1. The fourth-order valence-electron chi connectivity index (χ4n) is 2.21. The van der Waals surface area contributed by atoms with Crippen molar-refractivity contribution in [1.29, 1.82) is 5.26 Å². The Morgan fingerprint density at radius 1 is 1.44 bits per heavy atom. The Morgan fingerprint density at radius 3 is 2.81 bits per heavy atom. The molecule has 0 aromatic rings. The maximum Gasteiger partial charge on any atom is 0.0684 e. The Kier molecular flexibility index (Phi) is 5.24. The van der Waals surface area contributed by atoms with Crippen LogP contribution in [0.4, 0.5) is 0 Å². The van der Waals surface area contributed by atoms with Gasteiger partial charge in [0.15, 0.2) is 0 Å². The molecule has 0 aromatic heterocycles. The SMILES string of the molecule is CC(C)(C#N)CCNCC1CCCC(O)C1. The molecule has 0 amide bonds. The lowest BCUT2D eigenvalue weighted by molar-refractivity contribution is 0.100. The molecule has 16 heavy (non-hydrogen) atoms. The van der Waals surface area contributed by atoms with Gasteiger partial charge < -0.3 is 10.4 Å². The van der Waals surface area contributed by atoms with E-state index in [1.807, 2.05) is 13.8 Å². The van der Waals surface area contributed by atoms with E-state index in [1.165, 1.54) is 6.42 Å². The van der Waals surface area contributed by atoms with Crippen LogP contribution in [0.2, 0.25) is 0 Å². The first kappa shape index (κ1) is 13.5. The molecule has 1 saturated carbocycles. The molecule has 0 heterocycles. The van der Waals surface area contributed by atoms with Gasteiger partial charge in [0.05, 0.1) is 17.6 Å². The molecular weight excluding hydrogens is 200 g/mol. The van der Waals surface area contributed by atoms with Gasteiger partial charge in [-0.15, -0.1) is 0 Å². The highest BCUT2D eigenvalue weighted by molar-refractivity contribution is 4.91. The summed E-state index contributed by atoms with van der Waals surface area (Å²) in [6, 6.07) is 2.31. The van der Waals surface area contributed by atoms with Gasteiger partial charge in [-0.3, -0.25) is 0 Å². The molecule has 1 fully saturated rings. The second kappa shape index (κ2) is 6.22. The van der Waals surface area contributed by atoms with Crippen LogP contribution in [0.1, 0.15) is 46.0 Å². The maximum atomic E-state index is 9.53. The molecule has 0 aliphatic heterocycles. The van der Waals surface area contributed by atoms with Crippen molar-refractivity contribution in [3.63, 3.8) is 0 Å². The molecule has 3 nitrogen and oxygen atoms in total. The minimum Gasteiger partial charge on any atom is -0.393 e. The van der Waals surface area contributed by atoms with Gasteiger partial charge in [-0.05, 0) is 58.5 Å². The Labute approximate surface area is 98.8 Å². The number of rotatable bonds is 5. The summed E-state index contributed by atoms with van der Waals surface area (Å²) in [5, 5.41) is 21.8. The van der Waals surface area contributed by atoms with Crippen LogP contribution in [0.5, 0.6) is 0 Å². The van der Waals surface area contributed by atoms with E-state index in [1.54, 1.807) is 0 Å². The minimum absolute atomic E-state index is 0.0869. The lowest BCUT2D eigenvalue weighted by Gasteiger charge is -2.26. The third-order valence-electron chi connectivity index (χ3n) is 3.42. The van der Waals surface area contributed by atoms with Crippen molar-refractivity contribution >= 4 is 0 Å². The quantitative estimate of drug-likeness (QED) is 0.703. The molecule has 0 radical (unpaired) electrons. The Balaban J connectivity index is 2.09. The summed E-state index contributed by atoms with van der Waals surface area (Å²) in [5.74, 6) is 0.619. The predicted octanol–water partition coefficient (Wildman–Crippen LogP) is 2.07. The number of hydrogen-bond acceptors (Lipinski definition) is 3. The number of nitrogens with zero attached hydrogens (tertiary/aromatic N) is 1. The summed E-state index contributed by atoms with van der Waals surface area (Å²) in [7, 11) is 0. The van der Waals surface area contributed by atoms with Gasteiger partial charge in [-0.2, -0.15) is 5.26 Å². The molecule has 2 unspecified atom stereocenters. The second-order valence-corrected chi connectivity index (χ2v) is 5.64. The molecule has 92 valence electrons. The number of aliphatic hydroxyl groups excluding tert-OH is 1.